The average molecular weight is 360 g/mol. The number of carbonyl (C=O) groups is 3. The molecule has 6 heteroatoms. The van der Waals surface area contributed by atoms with Crippen molar-refractivity contribution in [1.82, 2.24) is 5.32 Å². The first-order valence-corrected chi connectivity index (χ1v) is 9.43. The molecule has 0 radical (unpaired) electrons. The summed E-state index contributed by atoms with van der Waals surface area (Å²) in [5, 5.41) is 14.7. The fourth-order valence-corrected chi connectivity index (χ4v) is 3.33. The lowest BCUT2D eigenvalue weighted by molar-refractivity contribution is -0.141. The molecule has 0 heterocycles. The van der Waals surface area contributed by atoms with Crippen molar-refractivity contribution < 1.29 is 19.5 Å². The number of benzene rings is 1. The smallest absolute Gasteiger partial charge is 0.308 e. The van der Waals surface area contributed by atoms with E-state index in [1.807, 2.05) is 6.92 Å². The van der Waals surface area contributed by atoms with Crippen LogP contribution in [0.4, 0.5) is 5.69 Å². The molecule has 1 unspecified atom stereocenters. The van der Waals surface area contributed by atoms with E-state index in [0.29, 0.717) is 17.7 Å². The van der Waals surface area contributed by atoms with Gasteiger partial charge in [0.15, 0.2) is 0 Å². The molecule has 1 saturated carbocycles. The first kappa shape index (κ1) is 19.9. The van der Waals surface area contributed by atoms with Gasteiger partial charge >= 0.3 is 5.97 Å². The number of carboxylic acids is 1. The summed E-state index contributed by atoms with van der Waals surface area (Å²) in [6.45, 7) is 2.01. The Morgan fingerprint density at radius 3 is 2.58 bits per heavy atom. The third kappa shape index (κ3) is 5.86. The third-order valence-electron chi connectivity index (χ3n) is 4.86. The number of nitrogens with one attached hydrogen (secondary N) is 2. The second-order valence-electron chi connectivity index (χ2n) is 6.94. The topological polar surface area (TPSA) is 95.5 Å². The zero-order valence-electron chi connectivity index (χ0n) is 15.3. The van der Waals surface area contributed by atoms with Crippen molar-refractivity contribution in [2.45, 2.75) is 51.9 Å². The van der Waals surface area contributed by atoms with Gasteiger partial charge in [0.1, 0.15) is 0 Å². The van der Waals surface area contributed by atoms with E-state index in [9.17, 15) is 14.4 Å². The zero-order chi connectivity index (χ0) is 18.9. The largest absolute Gasteiger partial charge is 0.481 e. The maximum Gasteiger partial charge on any atom is 0.308 e. The third-order valence-corrected chi connectivity index (χ3v) is 4.86. The Labute approximate surface area is 154 Å². The SMILES string of the molecule is CCCC(CNC(=O)c1cccc(NC(=O)C2CCCCC2)c1)C(=O)O. The summed E-state index contributed by atoms with van der Waals surface area (Å²) >= 11 is 0. The molecule has 26 heavy (non-hydrogen) atoms. The highest BCUT2D eigenvalue weighted by Gasteiger charge is 2.21. The number of carbonyl (C=O) groups excluding carboxylic acids is 2. The molecule has 2 amide bonds. The quantitative estimate of drug-likeness (QED) is 0.662. The first-order chi connectivity index (χ1) is 12.5. The molecule has 0 bridgehead atoms. The van der Waals surface area contributed by atoms with E-state index in [4.69, 9.17) is 5.11 Å². The molecule has 0 aliphatic heterocycles. The van der Waals surface area contributed by atoms with Crippen molar-refractivity contribution >= 4 is 23.5 Å². The number of rotatable bonds is 8. The van der Waals surface area contributed by atoms with Crippen molar-refractivity contribution in [3.8, 4) is 0 Å². The van der Waals surface area contributed by atoms with Crippen LogP contribution >= 0.6 is 0 Å². The van der Waals surface area contributed by atoms with E-state index in [2.05, 4.69) is 10.6 Å². The van der Waals surface area contributed by atoms with Crippen LogP contribution in [0.25, 0.3) is 0 Å². The number of carboxylic acid groups (broad SMARTS) is 1. The summed E-state index contributed by atoms with van der Waals surface area (Å²) in [7, 11) is 0. The van der Waals surface area contributed by atoms with Crippen LogP contribution in [0.15, 0.2) is 24.3 Å². The van der Waals surface area contributed by atoms with Gasteiger partial charge in [-0.1, -0.05) is 38.7 Å². The normalized spacial score (nSPS) is 15.9. The van der Waals surface area contributed by atoms with Gasteiger partial charge in [0.05, 0.1) is 5.92 Å². The van der Waals surface area contributed by atoms with Crippen LogP contribution in [0.5, 0.6) is 0 Å². The lowest BCUT2D eigenvalue weighted by Crippen LogP contribution is -2.33. The molecule has 6 nitrogen and oxygen atoms in total. The van der Waals surface area contributed by atoms with Crippen molar-refractivity contribution in [2.24, 2.45) is 11.8 Å². The average Bonchev–Trinajstić information content (AvgIpc) is 2.65. The fourth-order valence-electron chi connectivity index (χ4n) is 3.33. The molecular weight excluding hydrogens is 332 g/mol. The van der Waals surface area contributed by atoms with Gasteiger partial charge in [-0.25, -0.2) is 0 Å². The van der Waals surface area contributed by atoms with Gasteiger partial charge in [-0.05, 0) is 37.5 Å². The minimum atomic E-state index is -0.902. The Hall–Kier alpha value is -2.37. The predicted molar refractivity (Wildman–Crippen MR) is 100 cm³/mol. The van der Waals surface area contributed by atoms with Gasteiger partial charge < -0.3 is 15.7 Å². The van der Waals surface area contributed by atoms with E-state index in [1.165, 1.54) is 6.42 Å². The summed E-state index contributed by atoms with van der Waals surface area (Å²) in [6.07, 6.45) is 6.46. The molecule has 1 atom stereocenters. The summed E-state index contributed by atoms with van der Waals surface area (Å²) < 4.78 is 0. The highest BCUT2D eigenvalue weighted by atomic mass is 16.4. The molecule has 3 N–H and O–H groups in total. The Bertz CT molecular complexity index is 638. The molecular formula is C20H28N2O4. The molecule has 1 aliphatic carbocycles. The molecule has 0 saturated heterocycles. The summed E-state index contributed by atoms with van der Waals surface area (Å²) in [5.74, 6) is -1.76. The highest BCUT2D eigenvalue weighted by molar-refractivity contribution is 5.97. The molecule has 0 aromatic heterocycles. The molecule has 1 aromatic rings. The number of hydrogen-bond acceptors (Lipinski definition) is 3. The zero-order valence-corrected chi connectivity index (χ0v) is 15.3. The van der Waals surface area contributed by atoms with E-state index in [-0.39, 0.29) is 24.3 Å². The minimum Gasteiger partial charge on any atom is -0.481 e. The van der Waals surface area contributed by atoms with Crippen LogP contribution < -0.4 is 10.6 Å². The number of aliphatic carboxylic acids is 1. The first-order valence-electron chi connectivity index (χ1n) is 9.43. The number of hydrogen-bond donors (Lipinski definition) is 3. The summed E-state index contributed by atoms with van der Waals surface area (Å²) in [5.41, 5.74) is 1.00. The maximum atomic E-state index is 12.3. The molecule has 1 aliphatic rings. The highest BCUT2D eigenvalue weighted by Crippen LogP contribution is 2.25. The van der Waals surface area contributed by atoms with E-state index < -0.39 is 11.9 Å². The van der Waals surface area contributed by atoms with Crippen LogP contribution in [0.3, 0.4) is 0 Å². The Kier molecular flexibility index (Phi) is 7.63. The van der Waals surface area contributed by atoms with E-state index >= 15 is 0 Å². The predicted octanol–water partition coefficient (Wildman–Crippen LogP) is 3.44. The van der Waals surface area contributed by atoms with Crippen LogP contribution in [0, 0.1) is 11.8 Å². The van der Waals surface area contributed by atoms with Crippen LogP contribution in [0.1, 0.15) is 62.2 Å². The van der Waals surface area contributed by atoms with Gasteiger partial charge in [-0.3, -0.25) is 14.4 Å². The standard InChI is InChI=1S/C20H28N2O4/c1-2-7-16(20(25)26)13-21-18(23)15-10-6-11-17(12-15)22-19(24)14-8-4-3-5-9-14/h6,10-12,14,16H,2-5,7-9,13H2,1H3,(H,21,23)(H,22,24)(H,25,26). The Balaban J connectivity index is 1.93. The maximum absolute atomic E-state index is 12.3. The summed E-state index contributed by atoms with van der Waals surface area (Å²) in [6, 6.07) is 6.76. The van der Waals surface area contributed by atoms with Crippen LogP contribution in [-0.2, 0) is 9.59 Å². The molecule has 1 aromatic carbocycles. The molecule has 2 rings (SSSR count). The molecule has 142 valence electrons. The fraction of sp³-hybridized carbons (Fsp3) is 0.550. The summed E-state index contributed by atoms with van der Waals surface area (Å²) in [4.78, 5) is 35.8. The monoisotopic (exact) mass is 360 g/mol. The van der Waals surface area contributed by atoms with Crippen molar-refractivity contribution in [2.75, 3.05) is 11.9 Å². The van der Waals surface area contributed by atoms with Crippen LogP contribution in [0.2, 0.25) is 0 Å². The lowest BCUT2D eigenvalue weighted by atomic mass is 9.88. The van der Waals surface area contributed by atoms with Gasteiger partial charge in [0.25, 0.3) is 5.91 Å². The molecule has 0 spiro atoms. The van der Waals surface area contributed by atoms with E-state index in [0.717, 1.165) is 32.1 Å². The second-order valence-corrected chi connectivity index (χ2v) is 6.94. The number of amides is 2. The van der Waals surface area contributed by atoms with Crippen molar-refractivity contribution in [3.63, 3.8) is 0 Å². The lowest BCUT2D eigenvalue weighted by Gasteiger charge is -2.20. The Morgan fingerprint density at radius 2 is 1.92 bits per heavy atom. The van der Waals surface area contributed by atoms with Gasteiger partial charge in [-0.15, -0.1) is 0 Å². The minimum absolute atomic E-state index is 0.0103. The van der Waals surface area contributed by atoms with Gasteiger partial charge in [0, 0.05) is 23.7 Å². The number of anilines is 1. The van der Waals surface area contributed by atoms with Crippen molar-refractivity contribution in [1.29, 1.82) is 0 Å². The second kappa shape index (κ2) is 9.94. The van der Waals surface area contributed by atoms with Crippen LogP contribution in [-0.4, -0.2) is 29.4 Å². The van der Waals surface area contributed by atoms with Gasteiger partial charge in [0.2, 0.25) is 5.91 Å². The van der Waals surface area contributed by atoms with E-state index in [1.54, 1.807) is 24.3 Å². The Morgan fingerprint density at radius 1 is 1.19 bits per heavy atom. The molecule has 1 fully saturated rings. The van der Waals surface area contributed by atoms with Crippen molar-refractivity contribution in [3.05, 3.63) is 29.8 Å². The van der Waals surface area contributed by atoms with Gasteiger partial charge in [-0.2, -0.15) is 0 Å².